The second-order valence-corrected chi connectivity index (χ2v) is 10.6. The predicted octanol–water partition coefficient (Wildman–Crippen LogP) is 4.08. The minimum absolute atomic E-state index is 0.143. The fourth-order valence-electron chi connectivity index (χ4n) is 4.67. The standard InChI is InChI=1S/C22H30N2O4S/c1-14-7-6-8-19(15(14)2)23-22(25)21-16(3)18-13-17(9-10-20(18)28-21)29(26,27)24-11-4-5-12-24/h9-10,13-15,19H,4-8,11-12H2,1-3H3,(H,23,25)/t14-,15-,19-/m1/s1. The van der Waals surface area contributed by atoms with E-state index < -0.39 is 10.0 Å². The number of fused-ring (bicyclic) bond motifs is 1. The number of sulfonamides is 1. The van der Waals surface area contributed by atoms with Crippen LogP contribution in [0.3, 0.4) is 0 Å². The van der Waals surface area contributed by atoms with Gasteiger partial charge in [-0.2, -0.15) is 4.31 Å². The first kappa shape index (κ1) is 20.4. The molecule has 0 bridgehead atoms. The Bertz CT molecular complexity index is 1020. The summed E-state index contributed by atoms with van der Waals surface area (Å²) in [6.07, 6.45) is 5.09. The number of aryl methyl sites for hydroxylation is 1. The Labute approximate surface area is 172 Å². The quantitative estimate of drug-likeness (QED) is 0.811. The second kappa shape index (κ2) is 7.76. The van der Waals surface area contributed by atoms with E-state index in [0.717, 1.165) is 25.7 Å². The molecule has 158 valence electrons. The third-order valence-corrected chi connectivity index (χ3v) is 8.73. The fraction of sp³-hybridized carbons (Fsp3) is 0.591. The minimum atomic E-state index is -3.50. The van der Waals surface area contributed by atoms with E-state index in [1.54, 1.807) is 18.2 Å². The number of benzene rings is 1. The van der Waals surface area contributed by atoms with Gasteiger partial charge in [-0.15, -0.1) is 0 Å². The van der Waals surface area contributed by atoms with E-state index in [1.807, 2.05) is 6.92 Å². The van der Waals surface area contributed by atoms with Gasteiger partial charge in [-0.3, -0.25) is 4.79 Å². The minimum Gasteiger partial charge on any atom is -0.451 e. The number of nitrogens with one attached hydrogen (secondary N) is 1. The molecule has 1 aromatic heterocycles. The molecule has 1 N–H and O–H groups in total. The van der Waals surface area contributed by atoms with E-state index in [2.05, 4.69) is 19.2 Å². The van der Waals surface area contributed by atoms with Crippen LogP contribution in [0.2, 0.25) is 0 Å². The van der Waals surface area contributed by atoms with Gasteiger partial charge in [-0.25, -0.2) is 8.42 Å². The molecule has 0 radical (unpaired) electrons. The zero-order valence-electron chi connectivity index (χ0n) is 17.4. The van der Waals surface area contributed by atoms with Gasteiger partial charge in [-0.1, -0.05) is 26.7 Å². The van der Waals surface area contributed by atoms with Crippen LogP contribution in [0.4, 0.5) is 0 Å². The smallest absolute Gasteiger partial charge is 0.287 e. The molecular weight excluding hydrogens is 388 g/mol. The molecule has 0 spiro atoms. The zero-order valence-corrected chi connectivity index (χ0v) is 18.2. The lowest BCUT2D eigenvalue weighted by atomic mass is 9.78. The molecule has 3 atom stereocenters. The van der Waals surface area contributed by atoms with Crippen LogP contribution in [0, 0.1) is 18.8 Å². The van der Waals surface area contributed by atoms with Crippen LogP contribution in [0.25, 0.3) is 11.0 Å². The number of rotatable bonds is 4. The summed E-state index contributed by atoms with van der Waals surface area (Å²) in [5, 5.41) is 3.83. The third-order valence-electron chi connectivity index (χ3n) is 6.84. The van der Waals surface area contributed by atoms with Crippen LogP contribution < -0.4 is 5.32 Å². The summed E-state index contributed by atoms with van der Waals surface area (Å²) in [6.45, 7) is 7.38. The maximum Gasteiger partial charge on any atom is 0.287 e. The van der Waals surface area contributed by atoms with Gasteiger partial charge in [0.1, 0.15) is 5.58 Å². The molecule has 2 aromatic rings. The molecule has 2 fully saturated rings. The van der Waals surface area contributed by atoms with Crippen molar-refractivity contribution >= 4 is 26.9 Å². The van der Waals surface area contributed by atoms with Crippen molar-refractivity contribution in [3.05, 3.63) is 29.5 Å². The number of hydrogen-bond acceptors (Lipinski definition) is 4. The molecule has 29 heavy (non-hydrogen) atoms. The van der Waals surface area contributed by atoms with Crippen LogP contribution >= 0.6 is 0 Å². The first-order chi connectivity index (χ1) is 13.8. The van der Waals surface area contributed by atoms with Gasteiger partial charge < -0.3 is 9.73 Å². The molecule has 1 aliphatic heterocycles. The summed E-state index contributed by atoms with van der Waals surface area (Å²) in [7, 11) is -3.50. The summed E-state index contributed by atoms with van der Waals surface area (Å²) < 4.78 is 33.1. The van der Waals surface area contributed by atoms with Crippen molar-refractivity contribution in [2.75, 3.05) is 13.1 Å². The average Bonchev–Trinajstić information content (AvgIpc) is 3.34. The molecule has 2 aliphatic rings. The van der Waals surface area contributed by atoms with Crippen LogP contribution in [0.15, 0.2) is 27.5 Å². The van der Waals surface area contributed by atoms with E-state index in [-0.39, 0.29) is 22.6 Å². The highest BCUT2D eigenvalue weighted by molar-refractivity contribution is 7.89. The normalized spacial score (nSPS) is 26.1. The van der Waals surface area contributed by atoms with Gasteiger partial charge in [0.15, 0.2) is 5.76 Å². The monoisotopic (exact) mass is 418 g/mol. The highest BCUT2D eigenvalue weighted by atomic mass is 32.2. The zero-order chi connectivity index (χ0) is 20.8. The maximum absolute atomic E-state index is 12.9. The van der Waals surface area contributed by atoms with Crippen molar-refractivity contribution in [2.24, 2.45) is 11.8 Å². The lowest BCUT2D eigenvalue weighted by molar-refractivity contribution is 0.0864. The Hall–Kier alpha value is -1.86. The maximum atomic E-state index is 12.9. The topological polar surface area (TPSA) is 79.6 Å². The van der Waals surface area contributed by atoms with Crippen molar-refractivity contribution in [2.45, 2.75) is 63.8 Å². The second-order valence-electron chi connectivity index (χ2n) is 8.67. The van der Waals surface area contributed by atoms with Gasteiger partial charge in [0.05, 0.1) is 4.90 Å². The highest BCUT2D eigenvalue weighted by Gasteiger charge is 2.31. The highest BCUT2D eigenvalue weighted by Crippen LogP contribution is 2.32. The van der Waals surface area contributed by atoms with Crippen LogP contribution in [-0.2, 0) is 10.0 Å². The number of carbonyl (C=O) groups excluding carboxylic acids is 1. The summed E-state index contributed by atoms with van der Waals surface area (Å²) in [4.78, 5) is 13.2. The van der Waals surface area contributed by atoms with Gasteiger partial charge >= 0.3 is 0 Å². The molecule has 6 nitrogen and oxygen atoms in total. The van der Waals surface area contributed by atoms with E-state index in [9.17, 15) is 13.2 Å². The van der Waals surface area contributed by atoms with E-state index in [1.165, 1.54) is 10.7 Å². The molecule has 1 saturated heterocycles. The van der Waals surface area contributed by atoms with E-state index in [4.69, 9.17) is 4.42 Å². The molecule has 1 aliphatic carbocycles. The Kier molecular flexibility index (Phi) is 5.46. The summed E-state index contributed by atoms with van der Waals surface area (Å²) >= 11 is 0. The lowest BCUT2D eigenvalue weighted by Gasteiger charge is -2.34. The van der Waals surface area contributed by atoms with Crippen LogP contribution in [0.5, 0.6) is 0 Å². The summed E-state index contributed by atoms with van der Waals surface area (Å²) in [5.74, 6) is 1.08. The van der Waals surface area contributed by atoms with Gasteiger partial charge in [0, 0.05) is 30.1 Å². The third kappa shape index (κ3) is 3.70. The van der Waals surface area contributed by atoms with Crippen molar-refractivity contribution in [3.8, 4) is 0 Å². The van der Waals surface area contributed by atoms with E-state index in [0.29, 0.717) is 41.5 Å². The Morgan fingerprint density at radius 3 is 2.59 bits per heavy atom. The lowest BCUT2D eigenvalue weighted by Crippen LogP contribution is -2.43. The number of carbonyl (C=O) groups is 1. The summed E-state index contributed by atoms with van der Waals surface area (Å²) in [6, 6.07) is 5.02. The fourth-order valence-corrected chi connectivity index (χ4v) is 6.22. The molecule has 1 saturated carbocycles. The Morgan fingerprint density at radius 1 is 1.14 bits per heavy atom. The number of hydrogen-bond donors (Lipinski definition) is 1. The predicted molar refractivity (Wildman–Crippen MR) is 112 cm³/mol. The molecule has 1 amide bonds. The van der Waals surface area contributed by atoms with Crippen LogP contribution in [-0.4, -0.2) is 37.8 Å². The largest absolute Gasteiger partial charge is 0.451 e. The van der Waals surface area contributed by atoms with Crippen molar-refractivity contribution < 1.29 is 17.6 Å². The first-order valence-corrected chi connectivity index (χ1v) is 12.1. The molecular formula is C22H30N2O4S. The Balaban J connectivity index is 1.61. The number of amides is 1. The molecule has 7 heteroatoms. The first-order valence-electron chi connectivity index (χ1n) is 10.6. The average molecular weight is 419 g/mol. The van der Waals surface area contributed by atoms with Gasteiger partial charge in [-0.05, 0) is 56.2 Å². The summed E-state index contributed by atoms with van der Waals surface area (Å²) in [5.41, 5.74) is 1.23. The van der Waals surface area contributed by atoms with Crippen molar-refractivity contribution in [3.63, 3.8) is 0 Å². The molecule has 1 aromatic carbocycles. The Morgan fingerprint density at radius 2 is 1.86 bits per heavy atom. The van der Waals surface area contributed by atoms with Crippen LogP contribution in [0.1, 0.15) is 62.1 Å². The number of furan rings is 1. The SMILES string of the molecule is Cc1c(C(=O)N[C@@H]2CCC[C@@H](C)[C@H]2C)oc2ccc(S(=O)(=O)N3CCCC3)cc12. The molecule has 4 rings (SSSR count). The van der Waals surface area contributed by atoms with E-state index >= 15 is 0 Å². The van der Waals surface area contributed by atoms with Crippen molar-refractivity contribution in [1.29, 1.82) is 0 Å². The van der Waals surface area contributed by atoms with Crippen molar-refractivity contribution in [1.82, 2.24) is 9.62 Å². The molecule has 2 heterocycles. The number of nitrogens with zero attached hydrogens (tertiary/aromatic N) is 1. The van der Waals surface area contributed by atoms with Gasteiger partial charge in [0.25, 0.3) is 5.91 Å². The molecule has 0 unspecified atom stereocenters. The van der Waals surface area contributed by atoms with Gasteiger partial charge in [0.2, 0.25) is 10.0 Å².